The highest BCUT2D eigenvalue weighted by atomic mass is 19.1. The third-order valence-electron chi connectivity index (χ3n) is 3.99. The first-order valence-corrected chi connectivity index (χ1v) is 9.33. The summed E-state index contributed by atoms with van der Waals surface area (Å²) in [6, 6.07) is 11.9. The van der Waals surface area contributed by atoms with Gasteiger partial charge in [-0.3, -0.25) is 4.79 Å². The van der Waals surface area contributed by atoms with Gasteiger partial charge in [0.1, 0.15) is 29.1 Å². The predicted octanol–water partition coefficient (Wildman–Crippen LogP) is 4.89. The molecule has 0 bridgehead atoms. The van der Waals surface area contributed by atoms with Gasteiger partial charge in [0.2, 0.25) is 5.91 Å². The van der Waals surface area contributed by atoms with Crippen molar-refractivity contribution in [1.29, 1.82) is 0 Å². The molecule has 154 valence electrons. The van der Waals surface area contributed by atoms with E-state index in [1.807, 2.05) is 19.9 Å². The van der Waals surface area contributed by atoms with Gasteiger partial charge < -0.3 is 16.0 Å². The van der Waals surface area contributed by atoms with E-state index in [9.17, 15) is 13.6 Å². The standard InChI is InChI=1S/C22H21F2N5O/c1-3-25-20-13-21(27-14(2)26-20)28-17-6-8-18(9-7-17)29-22(30)11-4-15-12-16(23)5-10-19(15)24/h4-13H,3H2,1-2H3,(H,29,30)(H2,25,26,27,28)/b11-4+. The molecule has 6 nitrogen and oxygen atoms in total. The average molecular weight is 409 g/mol. The van der Waals surface area contributed by atoms with Crippen LogP contribution in [0.5, 0.6) is 0 Å². The van der Waals surface area contributed by atoms with E-state index in [2.05, 4.69) is 25.9 Å². The maximum Gasteiger partial charge on any atom is 0.248 e. The second kappa shape index (κ2) is 9.60. The van der Waals surface area contributed by atoms with E-state index in [1.165, 1.54) is 6.08 Å². The molecule has 3 N–H and O–H groups in total. The fourth-order valence-corrected chi connectivity index (χ4v) is 2.68. The van der Waals surface area contributed by atoms with Crippen molar-refractivity contribution in [3.63, 3.8) is 0 Å². The molecule has 0 aliphatic heterocycles. The van der Waals surface area contributed by atoms with Crippen LogP contribution in [0.25, 0.3) is 6.08 Å². The molecule has 2 aromatic carbocycles. The van der Waals surface area contributed by atoms with Crippen LogP contribution in [0.3, 0.4) is 0 Å². The molecule has 1 amide bonds. The SMILES string of the molecule is CCNc1cc(Nc2ccc(NC(=O)/C=C/c3cc(F)ccc3F)cc2)nc(C)n1. The summed E-state index contributed by atoms with van der Waals surface area (Å²) in [5.41, 5.74) is 1.34. The molecule has 1 heterocycles. The minimum Gasteiger partial charge on any atom is -0.370 e. The molecule has 8 heteroatoms. The number of aromatic nitrogens is 2. The molecular formula is C22H21F2N5O. The zero-order chi connectivity index (χ0) is 21.5. The van der Waals surface area contributed by atoms with E-state index < -0.39 is 17.5 Å². The maximum atomic E-state index is 13.6. The third kappa shape index (κ3) is 5.84. The van der Waals surface area contributed by atoms with Crippen LogP contribution >= 0.6 is 0 Å². The van der Waals surface area contributed by atoms with Gasteiger partial charge in [0.05, 0.1) is 0 Å². The van der Waals surface area contributed by atoms with Crippen LogP contribution < -0.4 is 16.0 Å². The highest BCUT2D eigenvalue weighted by Crippen LogP contribution is 2.20. The van der Waals surface area contributed by atoms with Crippen LogP contribution in [0.15, 0.2) is 54.6 Å². The van der Waals surface area contributed by atoms with Crippen LogP contribution in [0.1, 0.15) is 18.3 Å². The lowest BCUT2D eigenvalue weighted by Crippen LogP contribution is -2.08. The molecule has 1 aromatic heterocycles. The van der Waals surface area contributed by atoms with Gasteiger partial charge in [0.25, 0.3) is 0 Å². The summed E-state index contributed by atoms with van der Waals surface area (Å²) in [6.07, 6.45) is 2.37. The lowest BCUT2D eigenvalue weighted by Gasteiger charge is -2.10. The smallest absolute Gasteiger partial charge is 0.248 e. The summed E-state index contributed by atoms with van der Waals surface area (Å²) in [6.45, 7) is 4.56. The minimum absolute atomic E-state index is 0.00164. The predicted molar refractivity (Wildman–Crippen MR) is 115 cm³/mol. The first-order valence-electron chi connectivity index (χ1n) is 9.33. The van der Waals surface area contributed by atoms with Crippen molar-refractivity contribution in [2.75, 3.05) is 22.5 Å². The molecule has 0 aliphatic carbocycles. The Morgan fingerprint density at radius 1 is 1.00 bits per heavy atom. The van der Waals surface area contributed by atoms with Gasteiger partial charge in [-0.2, -0.15) is 0 Å². The number of anilines is 4. The second-order valence-electron chi connectivity index (χ2n) is 6.41. The molecule has 0 spiro atoms. The molecule has 3 rings (SSSR count). The molecular weight excluding hydrogens is 388 g/mol. The topological polar surface area (TPSA) is 78.9 Å². The van der Waals surface area contributed by atoms with Gasteiger partial charge in [-0.05, 0) is 62.4 Å². The number of halogens is 2. The van der Waals surface area contributed by atoms with Gasteiger partial charge >= 0.3 is 0 Å². The Hall–Kier alpha value is -3.81. The van der Waals surface area contributed by atoms with Crippen molar-refractivity contribution in [1.82, 2.24) is 9.97 Å². The van der Waals surface area contributed by atoms with Gasteiger partial charge in [0.15, 0.2) is 0 Å². The van der Waals surface area contributed by atoms with Crippen molar-refractivity contribution >= 4 is 35.0 Å². The summed E-state index contributed by atoms with van der Waals surface area (Å²) in [5, 5.41) is 9.00. The molecule has 0 unspecified atom stereocenters. The molecule has 3 aromatic rings. The van der Waals surface area contributed by atoms with Gasteiger partial charge in [-0.15, -0.1) is 0 Å². The van der Waals surface area contributed by atoms with Crippen LogP contribution in [-0.2, 0) is 4.79 Å². The molecule has 0 atom stereocenters. The minimum atomic E-state index is -0.604. The van der Waals surface area contributed by atoms with Crippen LogP contribution in [0, 0.1) is 18.6 Å². The van der Waals surface area contributed by atoms with Crippen molar-refractivity contribution < 1.29 is 13.6 Å². The number of rotatable bonds is 7. The quantitative estimate of drug-likeness (QED) is 0.484. The van der Waals surface area contributed by atoms with Crippen molar-refractivity contribution in [3.8, 4) is 0 Å². The Morgan fingerprint density at radius 2 is 1.70 bits per heavy atom. The number of carbonyl (C=O) groups excluding carboxylic acids is 1. The van der Waals surface area contributed by atoms with Crippen molar-refractivity contribution in [2.45, 2.75) is 13.8 Å². The largest absolute Gasteiger partial charge is 0.370 e. The van der Waals surface area contributed by atoms with E-state index in [1.54, 1.807) is 24.3 Å². The van der Waals surface area contributed by atoms with Crippen molar-refractivity contribution in [3.05, 3.63) is 77.6 Å². The summed E-state index contributed by atoms with van der Waals surface area (Å²) in [4.78, 5) is 20.7. The van der Waals surface area contributed by atoms with Crippen LogP contribution in [0.2, 0.25) is 0 Å². The first kappa shape index (κ1) is 20.9. The monoisotopic (exact) mass is 409 g/mol. The summed E-state index contributed by atoms with van der Waals surface area (Å²) in [5.74, 6) is 0.389. The van der Waals surface area contributed by atoms with E-state index in [-0.39, 0.29) is 5.56 Å². The number of nitrogens with zero attached hydrogens (tertiary/aromatic N) is 2. The highest BCUT2D eigenvalue weighted by Gasteiger charge is 2.04. The van der Waals surface area contributed by atoms with Crippen molar-refractivity contribution in [2.24, 2.45) is 0 Å². The molecule has 0 aliphatic rings. The Balaban J connectivity index is 1.62. The molecule has 0 saturated carbocycles. The van der Waals surface area contributed by atoms with Gasteiger partial charge in [0, 0.05) is 35.6 Å². The number of aryl methyl sites for hydroxylation is 1. The molecule has 0 saturated heterocycles. The fourth-order valence-electron chi connectivity index (χ4n) is 2.68. The Kier molecular flexibility index (Phi) is 6.69. The zero-order valence-corrected chi connectivity index (χ0v) is 16.5. The number of carbonyl (C=O) groups is 1. The molecule has 0 fully saturated rings. The van der Waals surface area contributed by atoms with E-state index >= 15 is 0 Å². The Bertz CT molecular complexity index is 1070. The number of amides is 1. The Morgan fingerprint density at radius 3 is 2.43 bits per heavy atom. The van der Waals surface area contributed by atoms with E-state index in [0.717, 1.165) is 42.3 Å². The lowest BCUT2D eigenvalue weighted by molar-refractivity contribution is -0.111. The fraction of sp³-hybridized carbons (Fsp3) is 0.136. The molecule has 0 radical (unpaired) electrons. The second-order valence-corrected chi connectivity index (χ2v) is 6.41. The van der Waals surface area contributed by atoms with Gasteiger partial charge in [-0.25, -0.2) is 18.7 Å². The van der Waals surface area contributed by atoms with Crippen LogP contribution in [-0.4, -0.2) is 22.4 Å². The number of benzene rings is 2. The maximum absolute atomic E-state index is 13.6. The highest BCUT2D eigenvalue weighted by molar-refractivity contribution is 6.02. The van der Waals surface area contributed by atoms with Gasteiger partial charge in [-0.1, -0.05) is 0 Å². The van der Waals surface area contributed by atoms with Crippen LogP contribution in [0.4, 0.5) is 31.8 Å². The number of hydrogen-bond donors (Lipinski definition) is 3. The summed E-state index contributed by atoms with van der Waals surface area (Å²) >= 11 is 0. The Labute approximate surface area is 173 Å². The summed E-state index contributed by atoms with van der Waals surface area (Å²) < 4.78 is 26.8. The molecule has 30 heavy (non-hydrogen) atoms. The summed E-state index contributed by atoms with van der Waals surface area (Å²) in [7, 11) is 0. The zero-order valence-electron chi connectivity index (χ0n) is 16.5. The first-order chi connectivity index (χ1) is 14.4. The lowest BCUT2D eigenvalue weighted by atomic mass is 10.2. The normalized spacial score (nSPS) is 10.8. The third-order valence-corrected chi connectivity index (χ3v) is 3.99. The number of hydrogen-bond acceptors (Lipinski definition) is 5. The van der Waals surface area contributed by atoms with E-state index in [0.29, 0.717) is 17.3 Å². The average Bonchev–Trinajstić information content (AvgIpc) is 2.70. The number of nitrogens with one attached hydrogen (secondary N) is 3. The van der Waals surface area contributed by atoms with E-state index in [4.69, 9.17) is 0 Å².